The van der Waals surface area contributed by atoms with Gasteiger partial charge in [0.25, 0.3) is 0 Å². The molecule has 0 fully saturated rings. The predicted octanol–water partition coefficient (Wildman–Crippen LogP) is 0.155. The second-order valence-corrected chi connectivity index (χ2v) is 3.10. The van der Waals surface area contributed by atoms with Gasteiger partial charge >= 0.3 is 5.97 Å². The van der Waals surface area contributed by atoms with Crippen LogP contribution in [0.1, 0.15) is 6.42 Å². The van der Waals surface area contributed by atoms with Crippen molar-refractivity contribution in [1.82, 2.24) is 0 Å². The summed E-state index contributed by atoms with van der Waals surface area (Å²) in [4.78, 5) is 10.2. The average Bonchev–Trinajstić information content (AvgIpc) is 1.97. The minimum atomic E-state index is -0.952. The first-order valence-electron chi connectivity index (χ1n) is 3.18. The molecule has 11 heavy (non-hydrogen) atoms. The number of thioether (sulfide) groups is 1. The molecule has 0 aromatic heterocycles. The molecule has 4 heteroatoms. The summed E-state index contributed by atoms with van der Waals surface area (Å²) in [5, 5.41) is 8.36. The number of aliphatic carboxylic acids is 1. The molecule has 0 bridgehead atoms. The highest BCUT2D eigenvalue weighted by Gasteiger charge is 2.09. The van der Waals surface area contributed by atoms with Crippen LogP contribution < -0.4 is 5.73 Å². The molecule has 3 N–H and O–H groups in total. The van der Waals surface area contributed by atoms with Crippen molar-refractivity contribution in [2.75, 3.05) is 11.5 Å². The average molecular weight is 173 g/mol. The smallest absolute Gasteiger partial charge is 0.320 e. The molecule has 0 aromatic carbocycles. The summed E-state index contributed by atoms with van der Waals surface area (Å²) >= 11 is 1.52. The lowest BCUT2D eigenvalue weighted by atomic mass is 10.2. The summed E-state index contributed by atoms with van der Waals surface area (Å²) in [6.45, 7) is 0. The fourth-order valence-corrected chi connectivity index (χ4v) is 1.15. The van der Waals surface area contributed by atoms with Gasteiger partial charge in [-0.25, -0.2) is 0 Å². The first-order chi connectivity index (χ1) is 5.18. The molecular formula is C7H11NO2S. The Kier molecular flexibility index (Phi) is 5.71. The molecule has 0 rings (SSSR count). The standard InChI is InChI=1S/C7H11NO2S/c1-2-4-11-5-3-6(8)7(9)10/h1,6H,3-5,8H2,(H,9,10). The molecule has 0 aliphatic carbocycles. The third-order valence-electron chi connectivity index (χ3n) is 1.08. The van der Waals surface area contributed by atoms with E-state index in [2.05, 4.69) is 5.92 Å². The van der Waals surface area contributed by atoms with Crippen LogP contribution in [0.2, 0.25) is 0 Å². The van der Waals surface area contributed by atoms with Crippen LogP contribution in [0.5, 0.6) is 0 Å². The van der Waals surface area contributed by atoms with Crippen molar-refractivity contribution < 1.29 is 9.90 Å². The van der Waals surface area contributed by atoms with Gasteiger partial charge in [0.15, 0.2) is 0 Å². The van der Waals surface area contributed by atoms with Gasteiger partial charge in [-0.1, -0.05) is 5.92 Å². The molecule has 0 amide bonds. The minimum Gasteiger partial charge on any atom is -0.480 e. The molecule has 1 atom stereocenters. The first-order valence-corrected chi connectivity index (χ1v) is 4.33. The molecule has 1 unspecified atom stereocenters. The van der Waals surface area contributed by atoms with Gasteiger partial charge in [-0.3, -0.25) is 4.79 Å². The van der Waals surface area contributed by atoms with E-state index in [0.717, 1.165) is 0 Å². The van der Waals surface area contributed by atoms with Gasteiger partial charge in [0, 0.05) is 0 Å². The Morgan fingerprint density at radius 1 is 1.82 bits per heavy atom. The van der Waals surface area contributed by atoms with Crippen LogP contribution in [0.3, 0.4) is 0 Å². The van der Waals surface area contributed by atoms with Crippen LogP contribution in [0.4, 0.5) is 0 Å². The summed E-state index contributed by atoms with van der Waals surface area (Å²) in [5.74, 6) is 2.82. The van der Waals surface area contributed by atoms with E-state index in [-0.39, 0.29) is 0 Å². The lowest BCUT2D eigenvalue weighted by Crippen LogP contribution is -2.30. The lowest BCUT2D eigenvalue weighted by molar-refractivity contribution is -0.138. The largest absolute Gasteiger partial charge is 0.480 e. The molecule has 0 aliphatic heterocycles. The zero-order valence-corrected chi connectivity index (χ0v) is 6.93. The van der Waals surface area contributed by atoms with Gasteiger partial charge in [0.05, 0.1) is 5.75 Å². The van der Waals surface area contributed by atoms with E-state index >= 15 is 0 Å². The van der Waals surface area contributed by atoms with Crippen molar-refractivity contribution in [3.8, 4) is 12.3 Å². The topological polar surface area (TPSA) is 63.3 Å². The summed E-state index contributed by atoms with van der Waals surface area (Å²) in [5.41, 5.74) is 5.23. The highest BCUT2D eigenvalue weighted by Crippen LogP contribution is 2.02. The SMILES string of the molecule is C#CCSCCC(N)C(=O)O. The highest BCUT2D eigenvalue weighted by molar-refractivity contribution is 7.99. The zero-order chi connectivity index (χ0) is 8.69. The Morgan fingerprint density at radius 3 is 2.91 bits per heavy atom. The van der Waals surface area contributed by atoms with Crippen molar-refractivity contribution in [3.05, 3.63) is 0 Å². The lowest BCUT2D eigenvalue weighted by Gasteiger charge is -2.03. The summed E-state index contributed by atoms with van der Waals surface area (Å²) in [6, 6.07) is -0.750. The van der Waals surface area contributed by atoms with Crippen molar-refractivity contribution in [2.24, 2.45) is 5.73 Å². The number of hydrogen-bond donors (Lipinski definition) is 2. The second kappa shape index (κ2) is 6.08. The van der Waals surface area contributed by atoms with E-state index in [9.17, 15) is 4.79 Å². The maximum atomic E-state index is 10.2. The Morgan fingerprint density at radius 2 is 2.45 bits per heavy atom. The summed E-state index contributed by atoms with van der Waals surface area (Å²) in [6.07, 6.45) is 5.46. The third kappa shape index (κ3) is 5.77. The molecule has 0 aliphatic rings. The van der Waals surface area contributed by atoms with Crippen LogP contribution in [-0.2, 0) is 4.79 Å². The number of rotatable bonds is 5. The molecule has 0 saturated heterocycles. The second-order valence-electron chi connectivity index (χ2n) is 1.99. The van der Waals surface area contributed by atoms with E-state index in [4.69, 9.17) is 17.3 Å². The Labute approximate surface area is 70.3 Å². The normalized spacial score (nSPS) is 12.0. The number of carboxylic acids is 1. The fraction of sp³-hybridized carbons (Fsp3) is 0.571. The van der Waals surface area contributed by atoms with Gasteiger partial charge in [-0.05, 0) is 12.2 Å². The Hall–Kier alpha value is -0.660. The molecule has 0 saturated carbocycles. The van der Waals surface area contributed by atoms with Crippen molar-refractivity contribution in [3.63, 3.8) is 0 Å². The van der Waals surface area contributed by atoms with Crippen LogP contribution in [0.25, 0.3) is 0 Å². The number of carbonyl (C=O) groups is 1. The van der Waals surface area contributed by atoms with Crippen LogP contribution in [-0.4, -0.2) is 28.6 Å². The van der Waals surface area contributed by atoms with E-state index in [1.165, 1.54) is 11.8 Å². The first kappa shape index (κ1) is 10.3. The number of hydrogen-bond acceptors (Lipinski definition) is 3. The highest BCUT2D eigenvalue weighted by atomic mass is 32.2. The van der Waals surface area contributed by atoms with Crippen LogP contribution in [0, 0.1) is 12.3 Å². The molecule has 0 aromatic rings. The molecule has 0 heterocycles. The van der Waals surface area contributed by atoms with Crippen LogP contribution in [0.15, 0.2) is 0 Å². The number of terminal acetylenes is 1. The van der Waals surface area contributed by atoms with Crippen molar-refractivity contribution in [1.29, 1.82) is 0 Å². The van der Waals surface area contributed by atoms with Gasteiger partial charge in [0.2, 0.25) is 0 Å². The van der Waals surface area contributed by atoms with Gasteiger partial charge in [-0.15, -0.1) is 18.2 Å². The third-order valence-corrected chi connectivity index (χ3v) is 1.97. The quantitative estimate of drug-likeness (QED) is 0.459. The van der Waals surface area contributed by atoms with Crippen molar-refractivity contribution in [2.45, 2.75) is 12.5 Å². The fourth-order valence-electron chi connectivity index (χ4n) is 0.465. The molecule has 0 spiro atoms. The monoisotopic (exact) mass is 173 g/mol. The molecule has 62 valence electrons. The van der Waals surface area contributed by atoms with Crippen LogP contribution >= 0.6 is 11.8 Å². The maximum Gasteiger partial charge on any atom is 0.320 e. The maximum absolute atomic E-state index is 10.2. The van der Waals surface area contributed by atoms with Crippen molar-refractivity contribution >= 4 is 17.7 Å². The molecule has 0 radical (unpaired) electrons. The van der Waals surface area contributed by atoms with E-state index < -0.39 is 12.0 Å². The predicted molar refractivity (Wildman–Crippen MR) is 46.4 cm³/mol. The minimum absolute atomic E-state index is 0.474. The molecule has 3 nitrogen and oxygen atoms in total. The molecular weight excluding hydrogens is 162 g/mol. The van der Waals surface area contributed by atoms with Gasteiger partial charge < -0.3 is 10.8 Å². The summed E-state index contributed by atoms with van der Waals surface area (Å²) in [7, 11) is 0. The Bertz CT molecular complexity index is 164. The van der Waals surface area contributed by atoms with E-state index in [0.29, 0.717) is 17.9 Å². The zero-order valence-electron chi connectivity index (χ0n) is 6.12. The number of nitrogens with two attached hydrogens (primary N) is 1. The number of carboxylic acid groups (broad SMARTS) is 1. The Balaban J connectivity index is 3.26. The van der Waals surface area contributed by atoms with E-state index in [1.807, 2.05) is 0 Å². The van der Waals surface area contributed by atoms with E-state index in [1.54, 1.807) is 0 Å². The van der Waals surface area contributed by atoms with Gasteiger partial charge in [0.1, 0.15) is 6.04 Å². The van der Waals surface area contributed by atoms with Gasteiger partial charge in [-0.2, -0.15) is 0 Å². The summed E-state index contributed by atoms with van der Waals surface area (Å²) < 4.78 is 0.